The van der Waals surface area contributed by atoms with E-state index in [1.807, 2.05) is 91.5 Å². The van der Waals surface area contributed by atoms with Gasteiger partial charge in [0.25, 0.3) is 5.91 Å². The Morgan fingerprint density at radius 3 is 2.38 bits per heavy atom. The van der Waals surface area contributed by atoms with Crippen LogP contribution in [-0.4, -0.2) is 30.5 Å². The van der Waals surface area contributed by atoms with E-state index in [4.69, 9.17) is 4.74 Å². The van der Waals surface area contributed by atoms with E-state index >= 15 is 0 Å². The summed E-state index contributed by atoms with van der Waals surface area (Å²) in [6.45, 7) is 0.280. The summed E-state index contributed by atoms with van der Waals surface area (Å²) in [5.41, 5.74) is 5.68. The Balaban J connectivity index is 1.50. The van der Waals surface area contributed by atoms with Crippen LogP contribution in [0.5, 0.6) is 0 Å². The van der Waals surface area contributed by atoms with E-state index in [2.05, 4.69) is 11.0 Å². The van der Waals surface area contributed by atoms with Crippen LogP contribution in [0.2, 0.25) is 0 Å². The highest BCUT2D eigenvalue weighted by atomic mass is 16.5. The lowest BCUT2D eigenvalue weighted by molar-refractivity contribution is -0.150. The molecule has 1 atom stereocenters. The minimum Gasteiger partial charge on any atom is -0.461 e. The topological polar surface area (TPSA) is 51.5 Å². The fraction of sp³-hybridized carbons (Fsp3) is 0.241. The summed E-state index contributed by atoms with van der Waals surface area (Å²) in [5.74, 6) is -0.423. The third-order valence-electron chi connectivity index (χ3n) is 6.64. The molecule has 3 aromatic carbocycles. The van der Waals surface area contributed by atoms with E-state index in [0.29, 0.717) is 24.8 Å². The highest BCUT2D eigenvalue weighted by molar-refractivity contribution is 6.05. The van der Waals surface area contributed by atoms with Gasteiger partial charge in [0.05, 0.1) is 11.4 Å². The van der Waals surface area contributed by atoms with Crippen LogP contribution >= 0.6 is 0 Å². The van der Waals surface area contributed by atoms with Crippen molar-refractivity contribution >= 4 is 28.5 Å². The lowest BCUT2D eigenvalue weighted by atomic mass is 9.86. The smallest absolute Gasteiger partial charge is 0.309 e. The first kappa shape index (κ1) is 22.0. The van der Waals surface area contributed by atoms with Gasteiger partial charge in [0.15, 0.2) is 0 Å². The molecule has 5 nitrogen and oxygen atoms in total. The van der Waals surface area contributed by atoms with Gasteiger partial charge >= 0.3 is 5.97 Å². The van der Waals surface area contributed by atoms with E-state index in [1.54, 1.807) is 0 Å². The molecule has 172 valence electrons. The molecule has 1 aliphatic rings. The number of hydrogen-bond acceptors (Lipinski definition) is 4. The molecular weight excluding hydrogens is 424 g/mol. The van der Waals surface area contributed by atoms with Crippen LogP contribution in [0, 0.1) is 5.92 Å². The van der Waals surface area contributed by atoms with Gasteiger partial charge in [-0.1, -0.05) is 48.5 Å². The predicted molar refractivity (Wildman–Crippen MR) is 134 cm³/mol. The number of carbonyl (C=O) groups is 2. The summed E-state index contributed by atoms with van der Waals surface area (Å²) in [6, 6.07) is 25.3. The summed E-state index contributed by atoms with van der Waals surface area (Å²) in [4.78, 5) is 28.6. The Hall–Kier alpha value is -3.86. The fourth-order valence-electron chi connectivity index (χ4n) is 4.81. The SMILES string of the molecule is CN(C)c1ccc2c(c1)c1c(n2C(=O)c2ccccc2)CCC(C(=O)OCc2ccccc2)C1. The molecule has 5 rings (SSSR count). The fourth-order valence-corrected chi connectivity index (χ4v) is 4.81. The molecule has 0 spiro atoms. The average Bonchev–Trinajstić information content (AvgIpc) is 3.21. The summed E-state index contributed by atoms with van der Waals surface area (Å²) in [7, 11) is 4.01. The molecule has 1 aromatic heterocycles. The maximum atomic E-state index is 13.5. The monoisotopic (exact) mass is 452 g/mol. The van der Waals surface area contributed by atoms with Crippen LogP contribution in [-0.2, 0) is 29.0 Å². The minimum atomic E-state index is -0.217. The zero-order valence-corrected chi connectivity index (χ0v) is 19.5. The first-order valence-electron chi connectivity index (χ1n) is 11.7. The number of benzene rings is 3. The van der Waals surface area contributed by atoms with Crippen molar-refractivity contribution in [2.75, 3.05) is 19.0 Å². The minimum absolute atomic E-state index is 0.0328. The summed E-state index contributed by atoms with van der Waals surface area (Å²) >= 11 is 0. The van der Waals surface area contributed by atoms with Crippen molar-refractivity contribution in [1.82, 2.24) is 4.57 Å². The molecule has 0 saturated carbocycles. The molecule has 1 unspecified atom stereocenters. The average molecular weight is 453 g/mol. The molecular formula is C29H28N2O3. The van der Waals surface area contributed by atoms with E-state index in [1.165, 1.54) is 0 Å². The molecule has 0 amide bonds. The molecule has 0 radical (unpaired) electrons. The molecule has 0 N–H and O–H groups in total. The third-order valence-corrected chi connectivity index (χ3v) is 6.64. The van der Waals surface area contributed by atoms with Gasteiger partial charge in [-0.2, -0.15) is 0 Å². The number of esters is 1. The van der Waals surface area contributed by atoms with Gasteiger partial charge in [-0.15, -0.1) is 0 Å². The number of hydrogen-bond donors (Lipinski definition) is 0. The van der Waals surface area contributed by atoms with Crippen molar-refractivity contribution in [2.45, 2.75) is 25.9 Å². The first-order valence-corrected chi connectivity index (χ1v) is 11.7. The lowest BCUT2D eigenvalue weighted by Crippen LogP contribution is -2.26. The van der Waals surface area contributed by atoms with Crippen LogP contribution < -0.4 is 4.90 Å². The van der Waals surface area contributed by atoms with Gasteiger partial charge in [0.2, 0.25) is 0 Å². The van der Waals surface area contributed by atoms with Gasteiger partial charge in [0, 0.05) is 36.4 Å². The molecule has 34 heavy (non-hydrogen) atoms. The lowest BCUT2D eigenvalue weighted by Gasteiger charge is -2.22. The Morgan fingerprint density at radius 2 is 1.68 bits per heavy atom. The normalized spacial score (nSPS) is 15.1. The van der Waals surface area contributed by atoms with Crippen molar-refractivity contribution in [2.24, 2.45) is 5.92 Å². The summed E-state index contributed by atoms with van der Waals surface area (Å²) in [5, 5.41) is 1.03. The van der Waals surface area contributed by atoms with Gasteiger partial charge in [-0.25, -0.2) is 0 Å². The standard InChI is InChI=1S/C29H28N2O3/c1-30(2)23-14-16-27-25(18-23)24-17-22(29(33)34-19-20-9-5-3-6-10-20)13-15-26(24)31(27)28(32)21-11-7-4-8-12-21/h3-12,14,16,18,22H,13,15,17,19H2,1-2H3. The molecule has 5 heteroatoms. The number of anilines is 1. The van der Waals surface area contributed by atoms with Crippen molar-refractivity contribution in [3.8, 4) is 0 Å². The Morgan fingerprint density at radius 1 is 0.971 bits per heavy atom. The Bertz CT molecular complexity index is 1340. The molecule has 1 aliphatic carbocycles. The number of aromatic nitrogens is 1. The van der Waals surface area contributed by atoms with E-state index < -0.39 is 0 Å². The van der Waals surface area contributed by atoms with Crippen molar-refractivity contribution in [3.05, 3.63) is 101 Å². The van der Waals surface area contributed by atoms with Crippen molar-refractivity contribution in [3.63, 3.8) is 0 Å². The zero-order chi connectivity index (χ0) is 23.7. The third kappa shape index (κ3) is 4.10. The van der Waals surface area contributed by atoms with Crippen molar-refractivity contribution in [1.29, 1.82) is 0 Å². The van der Waals surface area contributed by atoms with Crippen LogP contribution in [0.1, 0.15) is 33.6 Å². The molecule has 0 fully saturated rings. The Kier molecular flexibility index (Phi) is 5.93. The molecule has 0 bridgehead atoms. The second kappa shape index (κ2) is 9.18. The van der Waals surface area contributed by atoms with Gasteiger partial charge < -0.3 is 9.64 Å². The highest BCUT2D eigenvalue weighted by Crippen LogP contribution is 2.37. The predicted octanol–water partition coefficient (Wildman–Crippen LogP) is 5.24. The summed E-state index contributed by atoms with van der Waals surface area (Å²) in [6.07, 6.45) is 1.90. The number of fused-ring (bicyclic) bond motifs is 3. The number of carbonyl (C=O) groups excluding carboxylic acids is 2. The number of nitrogens with zero attached hydrogens (tertiary/aromatic N) is 2. The van der Waals surface area contributed by atoms with Crippen LogP contribution in [0.4, 0.5) is 5.69 Å². The quantitative estimate of drug-likeness (QED) is 0.389. The maximum absolute atomic E-state index is 13.5. The molecule has 1 heterocycles. The zero-order valence-electron chi connectivity index (χ0n) is 19.5. The second-order valence-corrected chi connectivity index (χ2v) is 9.06. The molecule has 0 saturated heterocycles. The second-order valence-electron chi connectivity index (χ2n) is 9.06. The highest BCUT2D eigenvalue weighted by Gasteiger charge is 2.32. The van der Waals surface area contributed by atoms with E-state index in [9.17, 15) is 9.59 Å². The molecule has 0 aliphatic heterocycles. The molecule has 4 aromatic rings. The maximum Gasteiger partial charge on any atom is 0.309 e. The van der Waals surface area contributed by atoms with Gasteiger partial charge in [0.1, 0.15) is 6.61 Å². The van der Waals surface area contributed by atoms with Crippen LogP contribution in [0.3, 0.4) is 0 Å². The largest absolute Gasteiger partial charge is 0.461 e. The number of rotatable bonds is 5. The van der Waals surface area contributed by atoms with E-state index in [0.717, 1.165) is 33.4 Å². The van der Waals surface area contributed by atoms with Crippen molar-refractivity contribution < 1.29 is 14.3 Å². The van der Waals surface area contributed by atoms with Crippen LogP contribution in [0.15, 0.2) is 78.9 Å². The van der Waals surface area contributed by atoms with Gasteiger partial charge in [-0.3, -0.25) is 14.2 Å². The number of ether oxygens (including phenoxy) is 1. The first-order chi connectivity index (χ1) is 16.5. The van der Waals surface area contributed by atoms with E-state index in [-0.39, 0.29) is 24.4 Å². The summed E-state index contributed by atoms with van der Waals surface area (Å²) < 4.78 is 7.51. The van der Waals surface area contributed by atoms with Gasteiger partial charge in [-0.05, 0) is 60.7 Å². The Labute approximate surface area is 199 Å². The van der Waals surface area contributed by atoms with Crippen LogP contribution in [0.25, 0.3) is 10.9 Å².